The van der Waals surface area contributed by atoms with E-state index in [9.17, 15) is 18.0 Å². The first-order chi connectivity index (χ1) is 14.7. The van der Waals surface area contributed by atoms with Crippen molar-refractivity contribution in [3.63, 3.8) is 0 Å². The number of alkyl halides is 3. The SMILES string of the molecule is O=c1c(-c2ccccc2)c(C(F)(F)F)oc2cc(OCc3ccc(Cl)c(Cl)c3)ccc12. The van der Waals surface area contributed by atoms with E-state index in [1.807, 2.05) is 0 Å². The van der Waals surface area contributed by atoms with Crippen LogP contribution in [0.4, 0.5) is 13.2 Å². The molecule has 0 radical (unpaired) electrons. The Morgan fingerprint density at radius 3 is 2.32 bits per heavy atom. The molecule has 0 aliphatic carbocycles. The lowest BCUT2D eigenvalue weighted by molar-refractivity contribution is -0.152. The summed E-state index contributed by atoms with van der Waals surface area (Å²) in [4.78, 5) is 12.9. The predicted octanol–water partition coefficient (Wildman–Crippen LogP) is 7.36. The molecule has 0 amide bonds. The zero-order valence-electron chi connectivity index (χ0n) is 15.7. The Hall–Kier alpha value is -2.96. The van der Waals surface area contributed by atoms with Gasteiger partial charge in [-0.05, 0) is 35.4 Å². The molecule has 0 aliphatic heterocycles. The van der Waals surface area contributed by atoms with E-state index in [1.165, 1.54) is 30.3 Å². The number of ether oxygens (including phenoxy) is 1. The number of fused-ring (bicyclic) bond motifs is 1. The standard InChI is InChI=1S/C23H13Cl2F3O3/c24-17-9-6-13(10-18(17)25)12-30-15-7-8-16-19(11-15)31-22(23(26,27)28)20(21(16)29)14-4-2-1-3-5-14/h1-11H,12H2. The Bertz CT molecular complexity index is 1320. The van der Waals surface area contributed by atoms with E-state index >= 15 is 0 Å². The molecule has 0 atom stereocenters. The highest BCUT2D eigenvalue weighted by molar-refractivity contribution is 6.42. The van der Waals surface area contributed by atoms with Crippen molar-refractivity contribution >= 4 is 34.2 Å². The van der Waals surface area contributed by atoms with Gasteiger partial charge in [0.25, 0.3) is 0 Å². The van der Waals surface area contributed by atoms with Crippen LogP contribution in [0.3, 0.4) is 0 Å². The lowest BCUT2D eigenvalue weighted by Gasteiger charge is -2.13. The molecule has 4 aromatic rings. The highest BCUT2D eigenvalue weighted by Gasteiger charge is 2.39. The van der Waals surface area contributed by atoms with Gasteiger partial charge in [0.15, 0.2) is 0 Å². The third kappa shape index (κ3) is 4.40. The van der Waals surface area contributed by atoms with Gasteiger partial charge in [-0.1, -0.05) is 59.6 Å². The van der Waals surface area contributed by atoms with Gasteiger partial charge < -0.3 is 9.15 Å². The van der Waals surface area contributed by atoms with Crippen molar-refractivity contribution in [2.75, 3.05) is 0 Å². The van der Waals surface area contributed by atoms with Gasteiger partial charge in [0, 0.05) is 6.07 Å². The van der Waals surface area contributed by atoms with Gasteiger partial charge in [0.2, 0.25) is 11.2 Å². The molecule has 0 saturated heterocycles. The molecular weight excluding hydrogens is 452 g/mol. The van der Waals surface area contributed by atoms with Gasteiger partial charge in [-0.2, -0.15) is 13.2 Å². The van der Waals surface area contributed by atoms with Crippen LogP contribution in [0.15, 0.2) is 75.9 Å². The fourth-order valence-electron chi connectivity index (χ4n) is 3.13. The fraction of sp³-hybridized carbons (Fsp3) is 0.0870. The maximum absolute atomic E-state index is 13.7. The average Bonchev–Trinajstić information content (AvgIpc) is 2.74. The Kier molecular flexibility index (Phi) is 5.69. The molecule has 0 bridgehead atoms. The summed E-state index contributed by atoms with van der Waals surface area (Å²) in [5.74, 6) is -1.11. The van der Waals surface area contributed by atoms with E-state index in [0.29, 0.717) is 15.6 Å². The first-order valence-electron chi connectivity index (χ1n) is 9.04. The van der Waals surface area contributed by atoms with Gasteiger partial charge in [-0.15, -0.1) is 0 Å². The summed E-state index contributed by atoms with van der Waals surface area (Å²) >= 11 is 11.9. The molecular formula is C23H13Cl2F3O3. The van der Waals surface area contributed by atoms with Gasteiger partial charge in [-0.3, -0.25) is 4.79 Å². The number of hydrogen-bond acceptors (Lipinski definition) is 3. The summed E-state index contributed by atoms with van der Waals surface area (Å²) in [5, 5.41) is 0.774. The van der Waals surface area contributed by atoms with Crippen LogP contribution in [0.2, 0.25) is 10.0 Å². The molecule has 31 heavy (non-hydrogen) atoms. The molecule has 0 unspecified atom stereocenters. The Morgan fingerprint density at radius 2 is 1.65 bits per heavy atom. The Balaban J connectivity index is 1.76. The summed E-state index contributed by atoms with van der Waals surface area (Å²) in [6.45, 7) is 0.0981. The van der Waals surface area contributed by atoms with Crippen molar-refractivity contribution in [1.82, 2.24) is 0 Å². The second-order valence-electron chi connectivity index (χ2n) is 6.69. The van der Waals surface area contributed by atoms with E-state index in [4.69, 9.17) is 32.4 Å². The highest BCUT2D eigenvalue weighted by atomic mass is 35.5. The van der Waals surface area contributed by atoms with Gasteiger partial charge >= 0.3 is 6.18 Å². The zero-order chi connectivity index (χ0) is 22.2. The van der Waals surface area contributed by atoms with E-state index in [-0.39, 0.29) is 28.9 Å². The summed E-state index contributed by atoms with van der Waals surface area (Å²) in [7, 11) is 0. The topological polar surface area (TPSA) is 39.4 Å². The van der Waals surface area contributed by atoms with Crippen LogP contribution in [-0.4, -0.2) is 0 Å². The fourth-order valence-corrected chi connectivity index (χ4v) is 3.45. The molecule has 3 nitrogen and oxygen atoms in total. The van der Waals surface area contributed by atoms with Crippen molar-refractivity contribution in [2.45, 2.75) is 12.8 Å². The second kappa shape index (κ2) is 8.29. The third-order valence-electron chi connectivity index (χ3n) is 4.57. The molecule has 0 fully saturated rings. The minimum atomic E-state index is -4.85. The van der Waals surface area contributed by atoms with Crippen molar-refractivity contribution in [1.29, 1.82) is 0 Å². The number of halogens is 5. The molecule has 158 valence electrons. The lowest BCUT2D eigenvalue weighted by Crippen LogP contribution is -2.16. The number of hydrogen-bond donors (Lipinski definition) is 0. The van der Waals surface area contributed by atoms with E-state index in [2.05, 4.69) is 0 Å². The summed E-state index contributed by atoms with van der Waals surface area (Å²) < 4.78 is 51.9. The molecule has 1 aromatic heterocycles. The van der Waals surface area contributed by atoms with Gasteiger partial charge in [-0.25, -0.2) is 0 Å². The smallest absolute Gasteiger partial charge is 0.450 e. The van der Waals surface area contributed by atoms with Crippen molar-refractivity contribution in [3.05, 3.63) is 98.3 Å². The number of rotatable bonds is 4. The van der Waals surface area contributed by atoms with Crippen LogP contribution in [-0.2, 0) is 12.8 Å². The molecule has 8 heteroatoms. The zero-order valence-corrected chi connectivity index (χ0v) is 17.2. The monoisotopic (exact) mass is 464 g/mol. The maximum atomic E-state index is 13.7. The van der Waals surface area contributed by atoms with E-state index < -0.39 is 22.9 Å². The summed E-state index contributed by atoms with van der Waals surface area (Å²) in [6, 6.07) is 16.7. The third-order valence-corrected chi connectivity index (χ3v) is 5.31. The normalized spacial score (nSPS) is 11.6. The minimum Gasteiger partial charge on any atom is -0.489 e. The van der Waals surface area contributed by atoms with E-state index in [0.717, 1.165) is 0 Å². The lowest BCUT2D eigenvalue weighted by atomic mass is 10.0. The molecule has 0 N–H and O–H groups in total. The molecule has 3 aromatic carbocycles. The van der Waals surface area contributed by atoms with Crippen LogP contribution in [0, 0.1) is 0 Å². The Morgan fingerprint density at radius 1 is 0.903 bits per heavy atom. The van der Waals surface area contributed by atoms with Gasteiger partial charge in [0.1, 0.15) is 17.9 Å². The van der Waals surface area contributed by atoms with Crippen LogP contribution in [0.1, 0.15) is 11.3 Å². The highest BCUT2D eigenvalue weighted by Crippen LogP contribution is 2.37. The predicted molar refractivity (Wildman–Crippen MR) is 114 cm³/mol. The minimum absolute atomic E-state index is 0.0220. The largest absolute Gasteiger partial charge is 0.489 e. The number of benzene rings is 3. The molecule has 1 heterocycles. The van der Waals surface area contributed by atoms with Crippen LogP contribution in [0.25, 0.3) is 22.1 Å². The molecule has 0 spiro atoms. The average molecular weight is 465 g/mol. The summed E-state index contributed by atoms with van der Waals surface area (Å²) in [5.41, 5.74) is -0.665. The molecule has 0 saturated carbocycles. The van der Waals surface area contributed by atoms with Crippen LogP contribution >= 0.6 is 23.2 Å². The van der Waals surface area contributed by atoms with Crippen LogP contribution < -0.4 is 10.2 Å². The molecule has 0 aliphatic rings. The Labute approximate surface area is 184 Å². The van der Waals surface area contributed by atoms with Gasteiger partial charge in [0.05, 0.1) is 21.0 Å². The van der Waals surface area contributed by atoms with Crippen molar-refractivity contribution in [2.24, 2.45) is 0 Å². The maximum Gasteiger partial charge on any atom is 0.450 e. The summed E-state index contributed by atoms with van der Waals surface area (Å²) in [6.07, 6.45) is -4.85. The quantitative estimate of drug-likeness (QED) is 0.316. The second-order valence-corrected chi connectivity index (χ2v) is 7.51. The van der Waals surface area contributed by atoms with Crippen molar-refractivity contribution < 1.29 is 22.3 Å². The first kappa shape index (κ1) is 21.3. The van der Waals surface area contributed by atoms with Crippen molar-refractivity contribution in [3.8, 4) is 16.9 Å². The first-order valence-corrected chi connectivity index (χ1v) is 9.80. The van der Waals surface area contributed by atoms with Crippen LogP contribution in [0.5, 0.6) is 5.75 Å². The van der Waals surface area contributed by atoms with E-state index in [1.54, 1.807) is 36.4 Å². The molecule has 4 rings (SSSR count).